The number of aromatic nitrogens is 5. The van der Waals surface area contributed by atoms with Gasteiger partial charge in [0.05, 0.1) is 0 Å². The Hall–Kier alpha value is -8.15. The number of pyridine rings is 5. The molecule has 0 spiro atoms. The van der Waals surface area contributed by atoms with E-state index < -0.39 is 89.2 Å². The van der Waals surface area contributed by atoms with Gasteiger partial charge in [-0.3, -0.25) is 0 Å². The molecule has 10 rings (SSSR count). The first-order valence-corrected chi connectivity index (χ1v) is 32.2. The third-order valence-corrected chi connectivity index (χ3v) is 17.1. The zero-order valence-corrected chi connectivity index (χ0v) is 59.8. The molecule has 5 unspecified atom stereocenters. The fourth-order valence-electron chi connectivity index (χ4n) is 11.8. The second-order valence-corrected chi connectivity index (χ2v) is 24.8. The number of hydrogen-bond donors (Lipinski definition) is 0. The van der Waals surface area contributed by atoms with Crippen LogP contribution in [0.25, 0.3) is 56.3 Å². The third kappa shape index (κ3) is 19.3. The Kier molecular flexibility index (Phi) is 16.4. The number of nitrogens with zero attached hydrogens (tertiary/aromatic N) is 5. The highest BCUT2D eigenvalue weighted by molar-refractivity contribution is 5.66. The molecular weight excluding hydrogens is 1150 g/mol. The molecule has 5 heteroatoms. The molecule has 0 amide bonds. The number of hydrogen-bond acceptors (Lipinski definition) is 0. The van der Waals surface area contributed by atoms with Crippen LogP contribution in [0.1, 0.15) is 261 Å². The van der Waals surface area contributed by atoms with Crippen LogP contribution in [0, 0.1) is 41.5 Å². The van der Waals surface area contributed by atoms with Crippen LogP contribution in [0.15, 0.2) is 183 Å². The summed E-state index contributed by atoms with van der Waals surface area (Å²) in [7, 11) is 9.13. The van der Waals surface area contributed by atoms with Crippen LogP contribution >= 0.6 is 0 Å². The third-order valence-electron chi connectivity index (χ3n) is 17.1. The zero-order chi connectivity index (χ0) is 94.2. The quantitative estimate of drug-likeness (QED) is 0.0967. The molecule has 0 fully saturated rings. The van der Waals surface area contributed by atoms with Crippen LogP contribution in [0.5, 0.6) is 0 Å². The van der Waals surface area contributed by atoms with E-state index in [4.69, 9.17) is 38.4 Å². The van der Waals surface area contributed by atoms with Crippen molar-refractivity contribution in [1.29, 1.82) is 0 Å². The molecule has 5 atom stereocenters. The summed E-state index contributed by atoms with van der Waals surface area (Å²) < 4.78 is 231. The van der Waals surface area contributed by atoms with Crippen LogP contribution in [0.4, 0.5) is 0 Å². The maximum absolute atomic E-state index is 8.51. The fourth-order valence-corrected chi connectivity index (χ4v) is 11.8. The van der Waals surface area contributed by atoms with Crippen molar-refractivity contribution in [2.45, 2.75) is 199 Å². The monoisotopic (exact) mass is 1300 g/mol. The molecular formula is C90H120N5+5. The molecule has 0 radical (unpaired) electrons. The molecule has 5 aromatic heterocycles. The van der Waals surface area contributed by atoms with Gasteiger partial charge in [-0.1, -0.05) is 194 Å². The zero-order valence-electron chi connectivity index (χ0n) is 87.8. The summed E-state index contributed by atoms with van der Waals surface area (Å²) in [5, 5.41) is 0. The van der Waals surface area contributed by atoms with Gasteiger partial charge in [-0.2, -0.15) is 0 Å². The molecule has 0 saturated heterocycles. The van der Waals surface area contributed by atoms with Crippen molar-refractivity contribution in [3.8, 4) is 56.3 Å². The van der Waals surface area contributed by atoms with Gasteiger partial charge in [0.15, 0.2) is 31.0 Å². The number of rotatable bonds is 14. The highest BCUT2D eigenvalue weighted by Gasteiger charge is 2.24. The smallest absolute Gasteiger partial charge is 0.201 e. The lowest BCUT2D eigenvalue weighted by Crippen LogP contribution is -2.32. The van der Waals surface area contributed by atoms with Gasteiger partial charge >= 0.3 is 0 Å². The fraction of sp³-hybridized carbons (Fsp3) is 0.389. The van der Waals surface area contributed by atoms with E-state index in [0.29, 0.717) is 34.4 Å². The molecule has 0 aliphatic carbocycles. The molecule has 0 aliphatic heterocycles. The van der Waals surface area contributed by atoms with Crippen molar-refractivity contribution in [3.05, 3.63) is 266 Å². The maximum Gasteiger partial charge on any atom is 0.215 e. The molecule has 0 aliphatic rings. The summed E-state index contributed by atoms with van der Waals surface area (Å²) in [5.41, 5.74) is 18.3. The summed E-state index contributed by atoms with van der Waals surface area (Å²) in [6.45, 7) is 9.97. The second kappa shape index (κ2) is 35.0. The SMILES string of the molecule is [2H]C(C)(C)c1cc(-c2ccccc2C)[n+](C)cc1C([2H])(C)C([2H])([2H])[2H].[2H]C([2H])(C)c1cc(-c2ccccc2C)[n+](C)cc1C([2H])(C)C([2H])([2H])[2H].[2H]C([2H])([2H])C([2H])(C)c1cc(-c2ccccc2C)[n+](C)cc1CC.[2H]C([2H])([2H])C([2H])(C)c1cc(C)c(-c2ccccc2C)[n+](C)c1.[2H]C([2H])([2H])C([2H])([2H])c1c[n+](C)c(-c2ccccc2C)cc1C([2H])(C)C([2H])([2H])[2H]. The van der Waals surface area contributed by atoms with Crippen LogP contribution in [0.2, 0.25) is 0 Å². The highest BCUT2D eigenvalue weighted by Crippen LogP contribution is 2.33. The van der Waals surface area contributed by atoms with Crippen molar-refractivity contribution >= 4 is 0 Å². The number of aryl methyl sites for hydroxylation is 14. The minimum Gasteiger partial charge on any atom is -0.201 e. The summed E-state index contributed by atoms with van der Waals surface area (Å²) in [6.07, 6.45) is 4.39. The van der Waals surface area contributed by atoms with E-state index in [1.54, 1.807) is 61.7 Å². The van der Waals surface area contributed by atoms with Gasteiger partial charge in [-0.25, -0.2) is 22.8 Å². The predicted octanol–water partition coefficient (Wildman–Crippen LogP) is 21.2. The van der Waals surface area contributed by atoms with Gasteiger partial charge in [0.1, 0.15) is 35.2 Å². The van der Waals surface area contributed by atoms with Crippen LogP contribution in [-0.2, 0) is 54.4 Å². The van der Waals surface area contributed by atoms with E-state index in [1.807, 2.05) is 210 Å². The van der Waals surface area contributed by atoms with E-state index in [2.05, 4.69) is 19.1 Å². The van der Waals surface area contributed by atoms with Gasteiger partial charge in [0.2, 0.25) is 28.5 Å². The predicted molar refractivity (Wildman–Crippen MR) is 406 cm³/mol. The standard InChI is InChI=1S/C19H26N.3C18H24N.C17H22N/c1-13(2)17-11-19(16-10-8-7-9-15(16)5)20(6)12-18(17)14(3)4;2*1-6-15-12-19(5)18(11-17(15)13(2)3)16-10-8-7-9-14(16)4;1-6-15-11-18(16-10-8-7-9-14(16)4)19(5)12-17(15)13(2)3;1-12(2)15-10-14(4)17(18(5)11-15)16-9-7-6-8-13(16)3/h7-14H,1-6H3;3*7-13H,6H2,1-5H3;6-12H,1-5H3/q5*+1/i3D3,13D,14D;1D3,2D3,6D2,13D;2D3,13D;2D3,6D2,13D;1D3,12D. The molecule has 0 N–H and O–H groups in total. The van der Waals surface area contributed by atoms with Crippen molar-refractivity contribution in [2.75, 3.05) is 0 Å². The van der Waals surface area contributed by atoms with E-state index in [9.17, 15) is 0 Å². The van der Waals surface area contributed by atoms with E-state index in [1.165, 1.54) is 52.4 Å². The van der Waals surface area contributed by atoms with Gasteiger partial charge in [-0.15, -0.1) is 0 Å². The minimum atomic E-state index is -3.02. The normalized spacial score (nSPS) is 19.7. The Morgan fingerprint density at radius 1 is 0.326 bits per heavy atom. The van der Waals surface area contributed by atoms with E-state index in [-0.39, 0.29) is 22.3 Å². The molecule has 95 heavy (non-hydrogen) atoms. The van der Waals surface area contributed by atoms with Crippen molar-refractivity contribution in [2.24, 2.45) is 35.2 Å². The Morgan fingerprint density at radius 3 is 1.05 bits per heavy atom. The van der Waals surface area contributed by atoms with E-state index in [0.717, 1.165) is 90.9 Å². The largest absolute Gasteiger partial charge is 0.215 e. The van der Waals surface area contributed by atoms with Gasteiger partial charge in [-0.05, 0) is 183 Å². The maximum atomic E-state index is 8.51. The summed E-state index contributed by atoms with van der Waals surface area (Å²) in [6, 6.07) is 47.9. The summed E-state index contributed by atoms with van der Waals surface area (Å²) in [4.78, 5) is 0. The average Bonchev–Trinajstić information content (AvgIpc) is 0.743. The van der Waals surface area contributed by atoms with Crippen molar-refractivity contribution in [3.63, 3.8) is 0 Å². The minimum absolute atomic E-state index is 0.162. The Labute approximate surface area is 616 Å². The van der Waals surface area contributed by atoms with Crippen LogP contribution < -0.4 is 22.8 Å². The second-order valence-electron chi connectivity index (χ2n) is 24.8. The Morgan fingerprint density at radius 2 is 0.674 bits per heavy atom. The first-order chi connectivity index (χ1) is 55.7. The molecule has 0 saturated carbocycles. The molecule has 5 aromatic carbocycles. The summed E-state index contributed by atoms with van der Waals surface area (Å²) in [5.74, 6) is -10.2. The molecule has 0 bridgehead atoms. The van der Waals surface area contributed by atoms with Gasteiger partial charge < -0.3 is 0 Å². The first kappa shape index (κ1) is 44.6. The van der Waals surface area contributed by atoms with E-state index >= 15 is 0 Å². The first-order valence-electron chi connectivity index (χ1n) is 46.2. The lowest BCUT2D eigenvalue weighted by molar-refractivity contribution is -0.661. The van der Waals surface area contributed by atoms with Gasteiger partial charge in [0.25, 0.3) is 0 Å². The lowest BCUT2D eigenvalue weighted by Gasteiger charge is -2.16. The Bertz CT molecular complexity index is 5260. The Balaban J connectivity index is 0.000000238. The molecule has 5 heterocycles. The van der Waals surface area contributed by atoms with Crippen LogP contribution in [-0.4, -0.2) is 0 Å². The van der Waals surface area contributed by atoms with Gasteiger partial charge in [0, 0.05) is 124 Å². The number of benzene rings is 5. The topological polar surface area (TPSA) is 19.4 Å². The lowest BCUT2D eigenvalue weighted by atomic mass is 9.90. The molecule has 500 valence electrons. The molecule has 10 aromatic rings. The average molecular weight is 1300 g/mol. The molecule has 5 nitrogen and oxygen atoms in total. The summed E-state index contributed by atoms with van der Waals surface area (Å²) >= 11 is 0. The van der Waals surface area contributed by atoms with Crippen molar-refractivity contribution in [1.82, 2.24) is 0 Å². The van der Waals surface area contributed by atoms with Crippen LogP contribution in [0.3, 0.4) is 0 Å². The van der Waals surface area contributed by atoms with Crippen molar-refractivity contribution < 1.29 is 61.2 Å². The highest BCUT2D eigenvalue weighted by atomic mass is 14.9.